The van der Waals surface area contributed by atoms with Crippen LogP contribution < -0.4 is 0 Å². The Hall–Kier alpha value is -3.15. The highest BCUT2D eigenvalue weighted by molar-refractivity contribution is 6.20. The van der Waals surface area contributed by atoms with Gasteiger partial charge in [0.1, 0.15) is 22.4 Å². The van der Waals surface area contributed by atoms with E-state index in [2.05, 4.69) is 24.2 Å². The normalized spacial score (nSPS) is 13.0. The lowest BCUT2D eigenvalue weighted by atomic mass is 9.95. The molecule has 2 aromatic heterocycles. The molecule has 6 heteroatoms. The van der Waals surface area contributed by atoms with Crippen molar-refractivity contribution < 1.29 is 9.42 Å². The third-order valence-corrected chi connectivity index (χ3v) is 5.04. The molecule has 0 aliphatic heterocycles. The fourth-order valence-electron chi connectivity index (χ4n) is 3.86. The second-order valence-electron chi connectivity index (χ2n) is 6.85. The number of carbonyl (C=O) groups is 1. The van der Waals surface area contributed by atoms with Crippen LogP contribution in [-0.2, 0) is 6.42 Å². The molecule has 0 bridgehead atoms. The molecule has 2 aromatic carbocycles. The van der Waals surface area contributed by atoms with E-state index in [0.29, 0.717) is 28.9 Å². The first-order valence-electron chi connectivity index (χ1n) is 8.74. The van der Waals surface area contributed by atoms with Crippen LogP contribution in [-0.4, -0.2) is 26.1 Å². The molecular formula is C20H16N4O2. The summed E-state index contributed by atoms with van der Waals surface area (Å²) in [6.45, 7) is 6.20. The van der Waals surface area contributed by atoms with Crippen LogP contribution in [0, 0.1) is 0 Å². The van der Waals surface area contributed by atoms with Crippen molar-refractivity contribution in [2.45, 2.75) is 33.1 Å². The zero-order chi connectivity index (χ0) is 18.0. The third-order valence-electron chi connectivity index (χ3n) is 5.04. The van der Waals surface area contributed by atoms with Gasteiger partial charge < -0.3 is 0 Å². The van der Waals surface area contributed by atoms with Crippen LogP contribution in [0.5, 0.6) is 0 Å². The fraction of sp³-hybridized carbons (Fsp3) is 0.250. The molecule has 0 amide bonds. The van der Waals surface area contributed by atoms with E-state index in [0.717, 1.165) is 33.2 Å². The summed E-state index contributed by atoms with van der Waals surface area (Å²) >= 11 is 0. The molecular weight excluding hydrogens is 328 g/mol. The van der Waals surface area contributed by atoms with Gasteiger partial charge in [0.05, 0.1) is 11.0 Å². The van der Waals surface area contributed by atoms with Gasteiger partial charge in [-0.2, -0.15) is 0 Å². The highest BCUT2D eigenvalue weighted by Gasteiger charge is 2.32. The van der Waals surface area contributed by atoms with Crippen molar-refractivity contribution in [3.05, 3.63) is 46.6 Å². The van der Waals surface area contributed by atoms with Crippen LogP contribution in [0.2, 0.25) is 0 Å². The summed E-state index contributed by atoms with van der Waals surface area (Å²) in [5, 5.41) is 8.23. The predicted molar refractivity (Wildman–Crippen MR) is 97.2 cm³/mol. The third kappa shape index (κ3) is 1.78. The van der Waals surface area contributed by atoms with Crippen molar-refractivity contribution in [2.24, 2.45) is 0 Å². The Kier molecular flexibility index (Phi) is 3.01. The van der Waals surface area contributed by atoms with Gasteiger partial charge in [-0.3, -0.25) is 4.79 Å². The monoisotopic (exact) mass is 344 g/mol. The van der Waals surface area contributed by atoms with Gasteiger partial charge in [-0.25, -0.2) is 14.6 Å². The van der Waals surface area contributed by atoms with Gasteiger partial charge in [-0.05, 0) is 22.7 Å². The van der Waals surface area contributed by atoms with Gasteiger partial charge in [0.2, 0.25) is 5.78 Å². The van der Waals surface area contributed by atoms with Gasteiger partial charge in [-0.15, -0.1) is 0 Å². The largest absolute Gasteiger partial charge is 0.287 e. The molecule has 26 heavy (non-hydrogen) atoms. The zero-order valence-electron chi connectivity index (χ0n) is 14.7. The molecule has 2 heterocycles. The van der Waals surface area contributed by atoms with E-state index < -0.39 is 0 Å². The Balaban J connectivity index is 1.99. The first kappa shape index (κ1) is 15.1. The molecule has 0 unspecified atom stereocenters. The van der Waals surface area contributed by atoms with E-state index in [1.165, 1.54) is 0 Å². The highest BCUT2D eigenvalue weighted by atomic mass is 16.6. The zero-order valence-corrected chi connectivity index (χ0v) is 14.7. The summed E-state index contributed by atoms with van der Waals surface area (Å²) < 4.78 is 5.03. The summed E-state index contributed by atoms with van der Waals surface area (Å²) in [7, 11) is 0. The number of aryl methyl sites for hydroxylation is 1. The molecule has 0 spiro atoms. The molecule has 0 atom stereocenters. The molecule has 5 rings (SSSR count). The second kappa shape index (κ2) is 5.17. The molecule has 128 valence electrons. The lowest BCUT2D eigenvalue weighted by Crippen LogP contribution is -2.05. The summed E-state index contributed by atoms with van der Waals surface area (Å²) in [6, 6.07) is 7.53. The van der Waals surface area contributed by atoms with Crippen LogP contribution in [0.15, 0.2) is 28.9 Å². The average molecular weight is 344 g/mol. The molecule has 0 radical (unpaired) electrons. The Morgan fingerprint density at radius 2 is 1.62 bits per heavy atom. The van der Waals surface area contributed by atoms with E-state index >= 15 is 0 Å². The van der Waals surface area contributed by atoms with Gasteiger partial charge in [0.15, 0.2) is 0 Å². The van der Waals surface area contributed by atoms with Crippen molar-refractivity contribution in [2.75, 3.05) is 0 Å². The summed E-state index contributed by atoms with van der Waals surface area (Å²) in [4.78, 5) is 22.5. The topological polar surface area (TPSA) is 81.8 Å². The molecule has 1 aliphatic rings. The lowest BCUT2D eigenvalue weighted by Gasteiger charge is -2.13. The van der Waals surface area contributed by atoms with Gasteiger partial charge in [0.25, 0.3) is 0 Å². The number of fused-ring (bicyclic) bond motifs is 5. The van der Waals surface area contributed by atoms with E-state index in [-0.39, 0.29) is 11.7 Å². The Labute approximate surface area is 149 Å². The van der Waals surface area contributed by atoms with E-state index in [1.807, 2.05) is 31.2 Å². The van der Waals surface area contributed by atoms with Crippen molar-refractivity contribution in [3.63, 3.8) is 0 Å². The van der Waals surface area contributed by atoms with Gasteiger partial charge in [0, 0.05) is 22.3 Å². The Morgan fingerprint density at radius 3 is 2.35 bits per heavy atom. The smallest absolute Gasteiger partial charge is 0.214 e. The second-order valence-corrected chi connectivity index (χ2v) is 6.85. The quantitative estimate of drug-likeness (QED) is 0.480. The number of rotatable bonds is 2. The minimum Gasteiger partial charge on any atom is -0.287 e. The molecule has 4 aromatic rings. The molecule has 0 saturated carbocycles. The van der Waals surface area contributed by atoms with Crippen LogP contribution in [0.3, 0.4) is 0 Å². The number of benzene rings is 2. The SMILES string of the molecule is CCc1c2nonc2c(C(C)C)c2nc3c(nc12)C(=O)c1ccccc1-3. The number of hydrogen-bond donors (Lipinski definition) is 0. The number of hydrogen-bond acceptors (Lipinski definition) is 6. The number of ketones is 1. The molecule has 6 nitrogen and oxygen atoms in total. The van der Waals surface area contributed by atoms with Crippen molar-refractivity contribution >= 4 is 27.9 Å². The Morgan fingerprint density at radius 1 is 0.923 bits per heavy atom. The van der Waals surface area contributed by atoms with Crippen LogP contribution in [0.4, 0.5) is 0 Å². The number of aromatic nitrogens is 4. The summed E-state index contributed by atoms with van der Waals surface area (Å²) in [6.07, 6.45) is 0.703. The fourth-order valence-corrected chi connectivity index (χ4v) is 3.86. The molecule has 1 aliphatic carbocycles. The number of carbonyl (C=O) groups excluding carboxylic acids is 1. The van der Waals surface area contributed by atoms with Crippen LogP contribution >= 0.6 is 0 Å². The lowest BCUT2D eigenvalue weighted by molar-refractivity contribution is 0.103. The maximum absolute atomic E-state index is 12.8. The summed E-state index contributed by atoms with van der Waals surface area (Å²) in [5.41, 5.74) is 7.39. The molecule has 0 fully saturated rings. The van der Waals surface area contributed by atoms with Crippen molar-refractivity contribution in [1.82, 2.24) is 20.3 Å². The number of nitrogens with zero attached hydrogens (tertiary/aromatic N) is 4. The first-order chi connectivity index (χ1) is 12.6. The standard InChI is InChI=1S/C20H16N4O2/c1-4-10-14-17(13(9(2)3)18-16(10)23-26-24-18)21-15-11-7-5-6-8-12(11)20(25)19(15)22-14/h5-9H,4H2,1-3H3. The summed E-state index contributed by atoms with van der Waals surface area (Å²) in [5.74, 6) is 0.0917. The highest BCUT2D eigenvalue weighted by Crippen LogP contribution is 2.39. The van der Waals surface area contributed by atoms with Gasteiger partial charge in [-0.1, -0.05) is 45.0 Å². The van der Waals surface area contributed by atoms with Crippen molar-refractivity contribution in [1.29, 1.82) is 0 Å². The van der Waals surface area contributed by atoms with Crippen LogP contribution in [0.25, 0.3) is 33.3 Å². The minimum absolute atomic E-state index is 0.0727. The maximum Gasteiger partial charge on any atom is 0.214 e. The molecule has 0 N–H and O–H groups in total. The maximum atomic E-state index is 12.8. The predicted octanol–water partition coefficient (Wildman–Crippen LogP) is 4.06. The van der Waals surface area contributed by atoms with Crippen molar-refractivity contribution in [3.8, 4) is 11.3 Å². The minimum atomic E-state index is -0.0727. The van der Waals surface area contributed by atoms with Crippen LogP contribution in [0.1, 0.15) is 53.9 Å². The Bertz CT molecular complexity index is 1220. The van der Waals surface area contributed by atoms with Gasteiger partial charge >= 0.3 is 0 Å². The first-order valence-corrected chi connectivity index (χ1v) is 8.74. The average Bonchev–Trinajstić information content (AvgIpc) is 3.22. The van der Waals surface area contributed by atoms with E-state index in [4.69, 9.17) is 14.6 Å². The van der Waals surface area contributed by atoms with E-state index in [1.54, 1.807) is 0 Å². The molecule has 0 saturated heterocycles. The van der Waals surface area contributed by atoms with E-state index in [9.17, 15) is 4.79 Å².